The highest BCUT2D eigenvalue weighted by Gasteiger charge is 2.60. The van der Waals surface area contributed by atoms with Crippen LogP contribution in [0.5, 0.6) is 23.0 Å². The maximum absolute atomic E-state index is 11.1. The first-order chi connectivity index (χ1) is 14.4. The second-order valence-electron chi connectivity index (χ2n) is 9.70. The zero-order valence-corrected chi connectivity index (χ0v) is 18.0. The van der Waals surface area contributed by atoms with Gasteiger partial charge in [-0.1, -0.05) is 31.7 Å². The summed E-state index contributed by atoms with van der Waals surface area (Å²) in [5.41, 5.74) is 2.70. The Balaban J connectivity index is 0.00000144. The van der Waals surface area contributed by atoms with Gasteiger partial charge in [0, 0.05) is 36.4 Å². The number of hydrogen-bond acceptors (Lipinski definition) is 4. The minimum atomic E-state index is -0.635. The van der Waals surface area contributed by atoms with Crippen molar-refractivity contribution in [3.8, 4) is 23.0 Å². The Labute approximate surface area is 181 Å². The first kappa shape index (κ1) is 19.6. The molecule has 2 aliphatic carbocycles. The quantitative estimate of drug-likeness (QED) is 0.494. The second kappa shape index (κ2) is 6.83. The Morgan fingerprint density at radius 2 is 1.43 bits per heavy atom. The van der Waals surface area contributed by atoms with E-state index < -0.39 is 5.60 Å². The van der Waals surface area contributed by atoms with Crippen LogP contribution < -0.4 is 4.74 Å². The molecule has 1 aliphatic heterocycles. The topological polar surface area (TPSA) is 69.9 Å². The fourth-order valence-corrected chi connectivity index (χ4v) is 6.77. The normalized spacial score (nSPS) is 27.2. The third-order valence-electron chi connectivity index (χ3n) is 8.32. The van der Waals surface area contributed by atoms with Crippen molar-refractivity contribution in [3.05, 3.63) is 46.5 Å². The monoisotopic (exact) mass is 412 g/mol. The summed E-state index contributed by atoms with van der Waals surface area (Å²) in [6.45, 7) is 3.69. The number of ether oxygens (including phenoxy) is 1. The van der Waals surface area contributed by atoms with E-state index in [1.807, 2.05) is 19.1 Å². The van der Waals surface area contributed by atoms with E-state index in [1.54, 1.807) is 13.0 Å². The molecule has 2 atom stereocenters. The zero-order valence-electron chi connectivity index (χ0n) is 18.0. The van der Waals surface area contributed by atoms with Gasteiger partial charge in [-0.3, -0.25) is 0 Å². The van der Waals surface area contributed by atoms with Crippen LogP contribution in [-0.4, -0.2) is 15.3 Å². The molecule has 0 radical (unpaired) electrons. The van der Waals surface area contributed by atoms with Gasteiger partial charge in [0.1, 0.15) is 28.6 Å². The third kappa shape index (κ3) is 2.52. The van der Waals surface area contributed by atoms with Crippen molar-refractivity contribution >= 4 is 0 Å². The molecule has 5 rings (SSSR count). The fourth-order valence-electron chi connectivity index (χ4n) is 6.77. The van der Waals surface area contributed by atoms with Gasteiger partial charge in [-0.2, -0.15) is 0 Å². The molecule has 0 bridgehead atoms. The number of benzene rings is 2. The molecule has 2 saturated carbocycles. The lowest BCUT2D eigenvalue weighted by molar-refractivity contribution is -0.0965. The van der Waals surface area contributed by atoms with E-state index in [0.717, 1.165) is 49.0 Å². The summed E-state index contributed by atoms with van der Waals surface area (Å²) >= 11 is 0. The van der Waals surface area contributed by atoms with Crippen molar-refractivity contribution in [2.75, 3.05) is 0 Å². The minimum absolute atomic E-state index is 0. The van der Waals surface area contributed by atoms with Gasteiger partial charge in [-0.05, 0) is 64.2 Å². The van der Waals surface area contributed by atoms with Gasteiger partial charge in [-0.15, -0.1) is 0 Å². The lowest BCUT2D eigenvalue weighted by atomic mass is 9.51. The van der Waals surface area contributed by atoms with Gasteiger partial charge in [0.05, 0.1) is 0 Å². The Morgan fingerprint density at radius 1 is 0.800 bits per heavy atom. The van der Waals surface area contributed by atoms with Crippen LogP contribution in [0.1, 0.15) is 82.9 Å². The van der Waals surface area contributed by atoms with E-state index >= 15 is 0 Å². The highest BCUT2D eigenvalue weighted by molar-refractivity contribution is 5.58. The van der Waals surface area contributed by atoms with Gasteiger partial charge < -0.3 is 20.1 Å². The van der Waals surface area contributed by atoms with Crippen molar-refractivity contribution in [2.45, 2.75) is 82.7 Å². The van der Waals surface area contributed by atoms with Gasteiger partial charge in [-0.25, -0.2) is 0 Å². The molecule has 30 heavy (non-hydrogen) atoms. The van der Waals surface area contributed by atoms with Crippen LogP contribution in [0.2, 0.25) is 0 Å². The van der Waals surface area contributed by atoms with Crippen molar-refractivity contribution in [3.63, 3.8) is 0 Å². The summed E-state index contributed by atoms with van der Waals surface area (Å²) < 4.78 is 6.92. The molecule has 4 nitrogen and oxygen atoms in total. The van der Waals surface area contributed by atoms with E-state index in [-0.39, 0.29) is 31.4 Å². The number of phenolic OH excluding ortho intramolecular Hbond substituents is 3. The lowest BCUT2D eigenvalue weighted by Crippen LogP contribution is -2.57. The molecule has 3 N–H and O–H groups in total. The van der Waals surface area contributed by atoms with Crippen LogP contribution in [0.15, 0.2) is 24.3 Å². The van der Waals surface area contributed by atoms with Crippen molar-refractivity contribution < 1.29 is 22.9 Å². The molecule has 2 aromatic rings. The molecule has 2 unspecified atom stereocenters. The van der Waals surface area contributed by atoms with Crippen LogP contribution in [0, 0.1) is 19.8 Å². The first-order valence-electron chi connectivity index (χ1n) is 11.4. The molecule has 1 spiro atoms. The molecule has 164 valence electrons. The highest BCUT2D eigenvalue weighted by atomic mass is 16.5. The molecular weight excluding hydrogens is 376 g/mol. The van der Waals surface area contributed by atoms with E-state index in [0.29, 0.717) is 5.56 Å². The van der Waals surface area contributed by atoms with Gasteiger partial charge in [0.15, 0.2) is 0 Å². The summed E-state index contributed by atoms with van der Waals surface area (Å²) in [6.07, 6.45) is 10.0. The molecule has 2 aromatic carbocycles. The second-order valence-corrected chi connectivity index (χ2v) is 9.70. The number of rotatable bonds is 1. The average molecular weight is 413 g/mol. The Morgan fingerprint density at radius 3 is 2.17 bits per heavy atom. The molecule has 0 aromatic heterocycles. The van der Waals surface area contributed by atoms with Crippen molar-refractivity contribution in [2.24, 2.45) is 5.92 Å². The molecule has 4 heteroatoms. The Kier molecular flexibility index (Phi) is 4.46. The van der Waals surface area contributed by atoms with Crippen molar-refractivity contribution in [1.29, 1.82) is 0 Å². The number of hydrogen-bond donors (Lipinski definition) is 3. The summed E-state index contributed by atoms with van der Waals surface area (Å²) in [5, 5.41) is 31.8. The maximum atomic E-state index is 11.1. The van der Waals surface area contributed by atoms with E-state index in [9.17, 15) is 15.3 Å². The predicted molar refractivity (Wildman–Crippen MR) is 121 cm³/mol. The number of fused-ring (bicyclic) bond motifs is 4. The zero-order chi connectivity index (χ0) is 21.1. The summed E-state index contributed by atoms with van der Waals surface area (Å²) in [5.74, 6) is 1.59. The van der Waals surface area contributed by atoms with Crippen molar-refractivity contribution in [1.82, 2.24) is 0 Å². The number of phenols is 3. The van der Waals surface area contributed by atoms with E-state index in [2.05, 4.69) is 6.07 Å². The molecule has 3 aliphatic rings. The standard InChI is InChI=1S/C26H32O4.2H2/c1-16-20(27)11-9-18(23(16)29)26-15-7-4-8-22(26)25(13-5-3-6-14-25)19-10-12-21(28)17(2)24(19)30-26;;/h9-12,22,27-29H,3-8,13-15H2,1-2H3;2*1H. The smallest absolute Gasteiger partial charge is 0.141 e. The average Bonchev–Trinajstić information content (AvgIpc) is 2.76. The number of aromatic hydroxyl groups is 3. The summed E-state index contributed by atoms with van der Waals surface area (Å²) in [6, 6.07) is 7.46. The van der Waals surface area contributed by atoms with Crippen LogP contribution in [0.3, 0.4) is 0 Å². The molecule has 0 saturated heterocycles. The summed E-state index contributed by atoms with van der Waals surface area (Å²) in [7, 11) is 0. The van der Waals surface area contributed by atoms with Gasteiger partial charge in [0.25, 0.3) is 0 Å². The largest absolute Gasteiger partial charge is 0.508 e. The first-order valence-corrected chi connectivity index (χ1v) is 11.4. The molecule has 0 amide bonds. The highest BCUT2D eigenvalue weighted by Crippen LogP contribution is 2.64. The molecular formula is C26H36O4. The third-order valence-corrected chi connectivity index (χ3v) is 8.32. The van der Waals surface area contributed by atoms with Crippen LogP contribution in [0.4, 0.5) is 0 Å². The minimum Gasteiger partial charge on any atom is -0.508 e. The Hall–Kier alpha value is -2.36. The molecule has 2 fully saturated rings. The van der Waals surface area contributed by atoms with Crippen LogP contribution in [0.25, 0.3) is 0 Å². The van der Waals surface area contributed by atoms with Crippen LogP contribution >= 0.6 is 0 Å². The Bertz CT molecular complexity index is 1000. The van der Waals surface area contributed by atoms with Gasteiger partial charge in [0.2, 0.25) is 0 Å². The summed E-state index contributed by atoms with van der Waals surface area (Å²) in [4.78, 5) is 0. The predicted octanol–water partition coefficient (Wildman–Crippen LogP) is 6.59. The fraction of sp³-hybridized carbons (Fsp3) is 0.538. The maximum Gasteiger partial charge on any atom is 0.141 e. The SMILES string of the molecule is Cc1c(O)ccc(C23CCCCC2C2(CCCCC2)c2ccc(O)c(C)c2O3)c1O.[HH].[HH]. The van der Waals surface area contributed by atoms with Crippen LogP contribution in [-0.2, 0) is 11.0 Å². The van der Waals surface area contributed by atoms with E-state index in [1.165, 1.54) is 31.2 Å². The van der Waals surface area contributed by atoms with E-state index in [4.69, 9.17) is 4.74 Å². The lowest BCUT2D eigenvalue weighted by Gasteiger charge is -2.59. The molecule has 1 heterocycles. The van der Waals surface area contributed by atoms with Gasteiger partial charge >= 0.3 is 0 Å².